The van der Waals surface area contributed by atoms with E-state index in [-0.39, 0.29) is 6.04 Å². The van der Waals surface area contributed by atoms with Crippen molar-refractivity contribution in [3.05, 3.63) is 59.0 Å². The zero-order valence-electron chi connectivity index (χ0n) is 13.6. The molecule has 23 heavy (non-hydrogen) atoms. The van der Waals surface area contributed by atoms with Gasteiger partial charge in [0.1, 0.15) is 11.5 Å². The van der Waals surface area contributed by atoms with Crippen LogP contribution in [0.2, 0.25) is 0 Å². The van der Waals surface area contributed by atoms with Gasteiger partial charge in [0.25, 0.3) is 0 Å². The molecule has 1 aliphatic heterocycles. The van der Waals surface area contributed by atoms with Crippen molar-refractivity contribution in [3.63, 3.8) is 0 Å². The third-order valence-electron chi connectivity index (χ3n) is 4.39. The molecule has 0 aliphatic carbocycles. The van der Waals surface area contributed by atoms with Gasteiger partial charge in [-0.05, 0) is 62.7 Å². The standard InChI is InChI=1S/C19H23N3O/c1-15-7-8-19(23-15)18(22-9-2-3-10-22)14-21-13-17-6-4-5-16(11-17)12-20/h4-8,11,18,21H,2-3,9-10,13-14H2,1H3. The van der Waals surface area contributed by atoms with Gasteiger partial charge < -0.3 is 9.73 Å². The minimum Gasteiger partial charge on any atom is -0.465 e. The fourth-order valence-corrected chi connectivity index (χ4v) is 3.20. The minimum absolute atomic E-state index is 0.283. The van der Waals surface area contributed by atoms with Gasteiger partial charge in [-0.3, -0.25) is 4.90 Å². The lowest BCUT2D eigenvalue weighted by molar-refractivity contribution is 0.207. The number of rotatable bonds is 6. The molecule has 3 rings (SSSR count). The Morgan fingerprint density at radius 1 is 1.26 bits per heavy atom. The van der Waals surface area contributed by atoms with Crippen molar-refractivity contribution < 1.29 is 4.42 Å². The van der Waals surface area contributed by atoms with E-state index in [1.807, 2.05) is 31.2 Å². The summed E-state index contributed by atoms with van der Waals surface area (Å²) in [4.78, 5) is 2.50. The van der Waals surface area contributed by atoms with E-state index in [0.29, 0.717) is 5.56 Å². The first-order valence-corrected chi connectivity index (χ1v) is 8.26. The van der Waals surface area contributed by atoms with Crippen LogP contribution >= 0.6 is 0 Å². The summed E-state index contributed by atoms with van der Waals surface area (Å²) in [6, 6.07) is 14.4. The second kappa shape index (κ2) is 7.45. The molecule has 1 aromatic carbocycles. The maximum Gasteiger partial charge on any atom is 0.122 e. The first kappa shape index (κ1) is 15.8. The highest BCUT2D eigenvalue weighted by atomic mass is 16.3. The summed E-state index contributed by atoms with van der Waals surface area (Å²) in [6.45, 7) is 5.88. The zero-order valence-corrected chi connectivity index (χ0v) is 13.6. The topological polar surface area (TPSA) is 52.2 Å². The van der Waals surface area contributed by atoms with Crippen molar-refractivity contribution in [2.45, 2.75) is 32.4 Å². The molecule has 120 valence electrons. The number of benzene rings is 1. The van der Waals surface area contributed by atoms with E-state index in [1.165, 1.54) is 12.8 Å². The molecule has 1 fully saturated rings. The van der Waals surface area contributed by atoms with Crippen LogP contribution < -0.4 is 5.32 Å². The Balaban J connectivity index is 1.63. The molecular formula is C19H23N3O. The Morgan fingerprint density at radius 3 is 2.78 bits per heavy atom. The van der Waals surface area contributed by atoms with Crippen LogP contribution in [0, 0.1) is 18.3 Å². The lowest BCUT2D eigenvalue weighted by Crippen LogP contribution is -2.33. The quantitative estimate of drug-likeness (QED) is 0.888. The van der Waals surface area contributed by atoms with E-state index in [9.17, 15) is 0 Å². The van der Waals surface area contributed by atoms with Crippen LogP contribution in [0.15, 0.2) is 40.8 Å². The fraction of sp³-hybridized carbons (Fsp3) is 0.421. The van der Waals surface area contributed by atoms with Gasteiger partial charge in [0, 0.05) is 13.1 Å². The molecule has 0 radical (unpaired) electrons. The third kappa shape index (κ3) is 4.01. The fourth-order valence-electron chi connectivity index (χ4n) is 3.20. The van der Waals surface area contributed by atoms with Gasteiger partial charge in [-0.1, -0.05) is 12.1 Å². The van der Waals surface area contributed by atoms with Crippen molar-refractivity contribution in [3.8, 4) is 6.07 Å². The predicted molar refractivity (Wildman–Crippen MR) is 89.9 cm³/mol. The van der Waals surface area contributed by atoms with Gasteiger partial charge in [-0.2, -0.15) is 5.26 Å². The summed E-state index contributed by atoms with van der Waals surface area (Å²) >= 11 is 0. The average molecular weight is 309 g/mol. The minimum atomic E-state index is 0.283. The Morgan fingerprint density at radius 2 is 2.09 bits per heavy atom. The van der Waals surface area contributed by atoms with E-state index in [2.05, 4.69) is 28.4 Å². The smallest absolute Gasteiger partial charge is 0.122 e. The van der Waals surface area contributed by atoms with E-state index in [0.717, 1.165) is 43.3 Å². The molecule has 0 saturated carbocycles. The SMILES string of the molecule is Cc1ccc(C(CNCc2cccc(C#N)c2)N2CCCC2)o1. The Bertz CT molecular complexity index is 680. The highest BCUT2D eigenvalue weighted by molar-refractivity contribution is 5.32. The number of likely N-dealkylation sites (tertiary alicyclic amines) is 1. The number of hydrogen-bond acceptors (Lipinski definition) is 4. The predicted octanol–water partition coefficient (Wildman–Crippen LogP) is 3.39. The molecule has 4 nitrogen and oxygen atoms in total. The molecular weight excluding hydrogens is 286 g/mol. The van der Waals surface area contributed by atoms with Crippen LogP contribution in [0.4, 0.5) is 0 Å². The molecule has 1 aromatic heterocycles. The number of hydrogen-bond donors (Lipinski definition) is 1. The zero-order chi connectivity index (χ0) is 16.1. The van der Waals surface area contributed by atoms with Crippen LogP contribution in [0.25, 0.3) is 0 Å². The number of aryl methyl sites for hydroxylation is 1. The molecule has 4 heteroatoms. The van der Waals surface area contributed by atoms with E-state index in [1.54, 1.807) is 0 Å². The van der Waals surface area contributed by atoms with E-state index in [4.69, 9.17) is 9.68 Å². The summed E-state index contributed by atoms with van der Waals surface area (Å²) in [5.74, 6) is 2.01. The van der Waals surface area contributed by atoms with Crippen molar-refractivity contribution in [2.75, 3.05) is 19.6 Å². The van der Waals surface area contributed by atoms with E-state index >= 15 is 0 Å². The highest BCUT2D eigenvalue weighted by Crippen LogP contribution is 2.26. The molecule has 1 atom stereocenters. The van der Waals surface area contributed by atoms with Gasteiger partial charge in [-0.15, -0.1) is 0 Å². The third-order valence-corrected chi connectivity index (χ3v) is 4.39. The Kier molecular flexibility index (Phi) is 5.12. The molecule has 1 N–H and O–H groups in total. The van der Waals surface area contributed by atoms with Gasteiger partial charge in [0.2, 0.25) is 0 Å². The van der Waals surface area contributed by atoms with Crippen LogP contribution in [-0.2, 0) is 6.54 Å². The van der Waals surface area contributed by atoms with Gasteiger partial charge in [-0.25, -0.2) is 0 Å². The van der Waals surface area contributed by atoms with Crippen molar-refractivity contribution in [1.82, 2.24) is 10.2 Å². The largest absolute Gasteiger partial charge is 0.465 e. The molecule has 2 heterocycles. The van der Waals surface area contributed by atoms with Gasteiger partial charge in [0.05, 0.1) is 17.7 Å². The van der Waals surface area contributed by atoms with Crippen molar-refractivity contribution >= 4 is 0 Å². The molecule has 2 aromatic rings. The summed E-state index contributed by atoms with van der Waals surface area (Å²) in [6.07, 6.45) is 2.53. The molecule has 1 unspecified atom stereocenters. The number of nitrogens with one attached hydrogen (secondary N) is 1. The maximum atomic E-state index is 8.98. The van der Waals surface area contributed by atoms with Gasteiger partial charge in [0.15, 0.2) is 0 Å². The number of nitriles is 1. The summed E-state index contributed by atoms with van der Waals surface area (Å²) in [5, 5.41) is 12.5. The number of furan rings is 1. The Labute approximate surface area is 137 Å². The second-order valence-corrected chi connectivity index (χ2v) is 6.15. The first-order chi connectivity index (χ1) is 11.3. The Hall–Kier alpha value is -2.09. The molecule has 1 saturated heterocycles. The lowest BCUT2D eigenvalue weighted by Gasteiger charge is -2.26. The van der Waals surface area contributed by atoms with Crippen LogP contribution in [0.1, 0.15) is 41.5 Å². The van der Waals surface area contributed by atoms with Crippen molar-refractivity contribution in [1.29, 1.82) is 5.26 Å². The molecule has 1 aliphatic rings. The van der Waals surface area contributed by atoms with Gasteiger partial charge >= 0.3 is 0 Å². The van der Waals surface area contributed by atoms with E-state index < -0.39 is 0 Å². The second-order valence-electron chi connectivity index (χ2n) is 6.15. The summed E-state index contributed by atoms with van der Waals surface area (Å²) in [7, 11) is 0. The first-order valence-electron chi connectivity index (χ1n) is 8.26. The number of nitrogens with zero attached hydrogens (tertiary/aromatic N) is 2. The van der Waals surface area contributed by atoms with Crippen LogP contribution in [0.3, 0.4) is 0 Å². The molecule has 0 bridgehead atoms. The highest BCUT2D eigenvalue weighted by Gasteiger charge is 2.25. The summed E-state index contributed by atoms with van der Waals surface area (Å²) in [5.41, 5.74) is 1.85. The lowest BCUT2D eigenvalue weighted by atomic mass is 10.1. The normalized spacial score (nSPS) is 16.3. The van der Waals surface area contributed by atoms with Crippen LogP contribution in [-0.4, -0.2) is 24.5 Å². The maximum absolute atomic E-state index is 8.98. The van der Waals surface area contributed by atoms with Crippen LogP contribution in [0.5, 0.6) is 0 Å². The monoisotopic (exact) mass is 309 g/mol. The molecule has 0 amide bonds. The van der Waals surface area contributed by atoms with Crippen molar-refractivity contribution in [2.24, 2.45) is 0 Å². The summed E-state index contributed by atoms with van der Waals surface area (Å²) < 4.78 is 5.87. The average Bonchev–Trinajstić information content (AvgIpc) is 3.24. The molecule has 0 spiro atoms.